The molecule has 2 aliphatic rings. The minimum atomic E-state index is -0.613. The van der Waals surface area contributed by atoms with E-state index < -0.39 is 11.7 Å². The molecule has 2 aromatic heterocycles. The largest absolute Gasteiger partial charge is 0.618 e. The fourth-order valence-corrected chi connectivity index (χ4v) is 5.55. The minimum absolute atomic E-state index is 0.00121. The van der Waals surface area contributed by atoms with E-state index in [9.17, 15) is 14.4 Å². The number of aryl methyl sites for hydroxylation is 2. The molecule has 2 aliphatic heterocycles. The van der Waals surface area contributed by atoms with Gasteiger partial charge in [0.15, 0.2) is 0 Å². The lowest BCUT2D eigenvalue weighted by Gasteiger charge is -2.31. The number of amides is 1. The second kappa shape index (κ2) is 8.74. The second-order valence-electron chi connectivity index (χ2n) is 9.56. The van der Waals surface area contributed by atoms with Crippen molar-refractivity contribution in [3.63, 3.8) is 0 Å². The van der Waals surface area contributed by atoms with E-state index in [0.717, 1.165) is 42.1 Å². The number of halogens is 1. The Hall–Kier alpha value is -4.18. The van der Waals surface area contributed by atoms with Gasteiger partial charge in [0.25, 0.3) is 5.69 Å². The van der Waals surface area contributed by atoms with Crippen molar-refractivity contribution in [2.24, 2.45) is 7.05 Å². The van der Waals surface area contributed by atoms with E-state index in [0.29, 0.717) is 22.5 Å². The number of rotatable bonds is 5. The Morgan fingerprint density at radius 3 is 2.78 bits per heavy atom. The molecule has 2 aromatic carbocycles. The molecule has 4 heterocycles. The smallest absolute Gasteiger partial charge is 0.321 e. The molecule has 9 nitrogen and oxygen atoms in total. The summed E-state index contributed by atoms with van der Waals surface area (Å²) >= 11 is 0. The van der Waals surface area contributed by atoms with Crippen LogP contribution in [0.25, 0.3) is 22.3 Å². The van der Waals surface area contributed by atoms with Gasteiger partial charge in [-0.2, -0.15) is 4.73 Å². The predicted octanol–water partition coefficient (Wildman–Crippen LogP) is 3.13. The summed E-state index contributed by atoms with van der Waals surface area (Å²) in [4.78, 5) is 20.6. The summed E-state index contributed by atoms with van der Waals surface area (Å²) in [5.74, 6) is -0.135. The van der Waals surface area contributed by atoms with Crippen molar-refractivity contribution in [3.05, 3.63) is 71.1 Å². The number of aromatic nitrogens is 3. The van der Waals surface area contributed by atoms with Gasteiger partial charge in [-0.3, -0.25) is 4.79 Å². The number of carbonyl (C=O) groups is 1. The zero-order valence-electron chi connectivity index (χ0n) is 20.8. The lowest BCUT2D eigenvalue weighted by atomic mass is 10.1. The highest BCUT2D eigenvalue weighted by atomic mass is 19.1. The van der Waals surface area contributed by atoms with Crippen LogP contribution in [0.3, 0.4) is 0 Å². The Labute approximate surface area is 213 Å². The molecule has 1 amide bonds. The molecule has 2 N–H and O–H groups in total. The summed E-state index contributed by atoms with van der Waals surface area (Å²) in [5, 5.41) is 19.8. The fraction of sp³-hybridized carbons (Fsp3) is 0.296. The van der Waals surface area contributed by atoms with Crippen molar-refractivity contribution >= 4 is 28.3 Å². The Morgan fingerprint density at radius 2 is 2.05 bits per heavy atom. The Kier molecular flexibility index (Phi) is 5.49. The number of pyridine rings is 1. The van der Waals surface area contributed by atoms with E-state index in [-0.39, 0.29) is 22.7 Å². The maximum atomic E-state index is 14.7. The third kappa shape index (κ3) is 3.67. The number of fused-ring (bicyclic) bond motifs is 3. The average Bonchev–Trinajstić information content (AvgIpc) is 3.59. The van der Waals surface area contributed by atoms with Crippen molar-refractivity contribution in [3.8, 4) is 17.0 Å². The van der Waals surface area contributed by atoms with Crippen LogP contribution in [0.1, 0.15) is 22.7 Å². The number of nitrogens with zero attached hydrogens (tertiary/aromatic N) is 4. The molecule has 2 saturated heterocycles. The lowest BCUT2D eigenvalue weighted by Crippen LogP contribution is -2.44. The molecule has 6 rings (SSSR count). The quantitative estimate of drug-likeness (QED) is 0.322. The highest BCUT2D eigenvalue weighted by Gasteiger charge is 2.40. The molecule has 2 bridgehead atoms. The minimum Gasteiger partial charge on any atom is -0.618 e. The third-order valence-corrected chi connectivity index (χ3v) is 7.47. The number of ether oxygens (including phenoxy) is 1. The van der Waals surface area contributed by atoms with E-state index in [4.69, 9.17) is 9.72 Å². The summed E-state index contributed by atoms with van der Waals surface area (Å²) < 4.78 is 22.4. The van der Waals surface area contributed by atoms with E-state index >= 15 is 0 Å². The van der Waals surface area contributed by atoms with E-state index in [2.05, 4.69) is 15.5 Å². The van der Waals surface area contributed by atoms with Gasteiger partial charge < -0.3 is 30.0 Å². The number of hydrogen-bond donors (Lipinski definition) is 2. The number of piperazine rings is 1. The maximum absolute atomic E-state index is 14.7. The van der Waals surface area contributed by atoms with Gasteiger partial charge in [-0.15, -0.1) is 0 Å². The summed E-state index contributed by atoms with van der Waals surface area (Å²) in [6.07, 6.45) is 1.03. The summed E-state index contributed by atoms with van der Waals surface area (Å²) in [7, 11) is 3.37. The highest BCUT2D eigenvalue weighted by Crippen LogP contribution is 2.40. The molecule has 0 spiro atoms. The molecule has 37 heavy (non-hydrogen) atoms. The van der Waals surface area contributed by atoms with E-state index in [1.54, 1.807) is 12.1 Å². The molecule has 2 atom stereocenters. The van der Waals surface area contributed by atoms with Crippen molar-refractivity contribution in [1.29, 1.82) is 0 Å². The van der Waals surface area contributed by atoms with Crippen LogP contribution in [0.4, 0.5) is 15.8 Å². The molecular weight excluding hydrogens is 475 g/mol. The highest BCUT2D eigenvalue weighted by molar-refractivity contribution is 6.08. The lowest BCUT2D eigenvalue weighted by molar-refractivity contribution is -0.596. The van der Waals surface area contributed by atoms with Crippen LogP contribution in [0.5, 0.6) is 5.75 Å². The molecule has 4 aromatic rings. The molecule has 0 unspecified atom stereocenters. The van der Waals surface area contributed by atoms with Crippen molar-refractivity contribution in [2.75, 3.05) is 30.4 Å². The number of anilines is 2. The van der Waals surface area contributed by atoms with Gasteiger partial charge >= 0.3 is 5.91 Å². The first-order valence-corrected chi connectivity index (χ1v) is 12.2. The first kappa shape index (κ1) is 23.2. The van der Waals surface area contributed by atoms with Crippen LogP contribution in [0.2, 0.25) is 0 Å². The summed E-state index contributed by atoms with van der Waals surface area (Å²) in [6, 6.07) is 13.2. The number of carbonyl (C=O) groups excluding carboxylic acids is 1. The number of imidazole rings is 1. The number of nitrogens with one attached hydrogen (secondary N) is 2. The van der Waals surface area contributed by atoms with Gasteiger partial charge in [-0.25, -0.2) is 9.37 Å². The Balaban J connectivity index is 1.42. The van der Waals surface area contributed by atoms with Gasteiger partial charge in [0, 0.05) is 44.4 Å². The third-order valence-electron chi connectivity index (χ3n) is 7.47. The molecule has 0 aliphatic carbocycles. The van der Waals surface area contributed by atoms with Crippen molar-refractivity contribution < 1.29 is 18.7 Å². The van der Waals surface area contributed by atoms with Gasteiger partial charge in [0.1, 0.15) is 28.5 Å². The molecular formula is C27H27FN6O3. The first-order valence-electron chi connectivity index (χ1n) is 12.2. The first-order chi connectivity index (χ1) is 17.9. The average molecular weight is 503 g/mol. The normalized spacial score (nSPS) is 18.5. The number of methoxy groups -OCH3 is 1. The second-order valence-corrected chi connectivity index (χ2v) is 9.56. The standard InChI is InChI=1S/C27H27FN6O3/c1-15-30-25-21(32(15)2)11-10-19(26(25)33-14-16-12-17(33)13-29-16)31-27(35)22-8-5-7-20(34(22)36)24-18(28)6-4-9-23(24)37-3/h4-11,16-17,29H,12-14H2,1-3H3,(H,31,35)/t16-,17-/m0/s1. The molecule has 10 heteroatoms. The molecule has 0 saturated carbocycles. The number of hydrogen-bond acceptors (Lipinski definition) is 6. The monoisotopic (exact) mass is 502 g/mol. The number of benzene rings is 2. The SMILES string of the molecule is COc1cccc(F)c1-c1cccc(C(=O)Nc2ccc3c(nc(C)n3C)c2N2C[C@@H]3C[C@H]2CN3)[n+]1[O-]. The predicted molar refractivity (Wildman–Crippen MR) is 138 cm³/mol. The topological polar surface area (TPSA) is 98.4 Å². The van der Waals surface area contributed by atoms with Gasteiger partial charge in [0.05, 0.1) is 24.0 Å². The van der Waals surface area contributed by atoms with Gasteiger partial charge in [-0.05, 0) is 43.7 Å². The zero-order chi connectivity index (χ0) is 25.8. The molecule has 0 radical (unpaired) electrons. The van der Waals surface area contributed by atoms with Crippen LogP contribution >= 0.6 is 0 Å². The fourth-order valence-electron chi connectivity index (χ4n) is 5.55. The Bertz CT molecular complexity index is 1550. The van der Waals surface area contributed by atoms with Crippen LogP contribution in [-0.2, 0) is 7.05 Å². The van der Waals surface area contributed by atoms with Crippen molar-refractivity contribution in [2.45, 2.75) is 25.4 Å². The Morgan fingerprint density at radius 1 is 1.24 bits per heavy atom. The van der Waals surface area contributed by atoms with E-state index in [1.807, 2.05) is 30.7 Å². The van der Waals surface area contributed by atoms with Crippen molar-refractivity contribution in [1.82, 2.24) is 14.9 Å². The van der Waals surface area contributed by atoms with Gasteiger partial charge in [0.2, 0.25) is 5.69 Å². The van der Waals surface area contributed by atoms with Crippen LogP contribution < -0.4 is 25.0 Å². The zero-order valence-corrected chi connectivity index (χ0v) is 20.8. The summed E-state index contributed by atoms with van der Waals surface area (Å²) in [5.41, 5.74) is 3.04. The van der Waals surface area contributed by atoms with Gasteiger partial charge in [-0.1, -0.05) is 6.07 Å². The molecule has 2 fully saturated rings. The van der Waals surface area contributed by atoms with Crippen LogP contribution in [0, 0.1) is 17.9 Å². The van der Waals surface area contributed by atoms with Crippen LogP contribution in [-0.4, -0.2) is 47.7 Å². The molecule has 190 valence electrons. The summed E-state index contributed by atoms with van der Waals surface area (Å²) in [6.45, 7) is 3.63. The van der Waals surface area contributed by atoms with Crippen LogP contribution in [0.15, 0.2) is 48.5 Å². The maximum Gasteiger partial charge on any atom is 0.321 e. The van der Waals surface area contributed by atoms with E-state index in [1.165, 1.54) is 31.4 Å².